The second kappa shape index (κ2) is 5.10. The average Bonchev–Trinajstić information content (AvgIpc) is 2.10. The molecule has 0 aliphatic heterocycles. The van der Waals surface area contributed by atoms with Crippen molar-refractivity contribution in [3.8, 4) is 0 Å². The lowest BCUT2D eigenvalue weighted by molar-refractivity contribution is -0.0491. The van der Waals surface area contributed by atoms with Gasteiger partial charge in [0.2, 0.25) is 0 Å². The normalized spacial score (nSPS) is 33.6. The van der Waals surface area contributed by atoms with E-state index in [1.807, 2.05) is 13.8 Å². The van der Waals surface area contributed by atoms with E-state index in [2.05, 4.69) is 0 Å². The molecule has 3 nitrogen and oxygen atoms in total. The predicted molar refractivity (Wildman–Crippen MR) is 57.1 cm³/mol. The van der Waals surface area contributed by atoms with E-state index in [-0.39, 0.29) is 12.1 Å². The monoisotopic (exact) mass is 201 g/mol. The molecular weight excluding hydrogens is 178 g/mol. The molecule has 0 amide bonds. The molecule has 0 spiro atoms. The van der Waals surface area contributed by atoms with Gasteiger partial charge in [0.25, 0.3) is 0 Å². The molecule has 1 rings (SSSR count). The summed E-state index contributed by atoms with van der Waals surface area (Å²) >= 11 is 0. The third kappa shape index (κ3) is 3.23. The van der Waals surface area contributed by atoms with E-state index < -0.39 is 5.60 Å². The van der Waals surface area contributed by atoms with Crippen molar-refractivity contribution in [3.05, 3.63) is 0 Å². The summed E-state index contributed by atoms with van der Waals surface area (Å²) in [6.07, 6.45) is 4.92. The summed E-state index contributed by atoms with van der Waals surface area (Å²) in [6, 6.07) is -0.0630. The molecule has 0 radical (unpaired) electrons. The van der Waals surface area contributed by atoms with Gasteiger partial charge in [0.05, 0.1) is 11.7 Å². The van der Waals surface area contributed by atoms with E-state index in [9.17, 15) is 5.11 Å². The van der Waals surface area contributed by atoms with Crippen molar-refractivity contribution in [2.45, 2.75) is 63.7 Å². The van der Waals surface area contributed by atoms with Crippen LogP contribution in [0.5, 0.6) is 0 Å². The Morgan fingerprint density at radius 3 is 2.79 bits per heavy atom. The molecule has 0 saturated heterocycles. The van der Waals surface area contributed by atoms with Crippen molar-refractivity contribution in [2.24, 2.45) is 5.73 Å². The summed E-state index contributed by atoms with van der Waals surface area (Å²) in [5.74, 6) is 0. The Balaban J connectivity index is 2.32. The zero-order chi connectivity index (χ0) is 10.6. The summed E-state index contributed by atoms with van der Waals surface area (Å²) in [6.45, 7) is 4.62. The van der Waals surface area contributed by atoms with Gasteiger partial charge in [-0.25, -0.2) is 0 Å². The number of nitrogens with two attached hydrogens (primary N) is 1. The maximum atomic E-state index is 10.2. The summed E-state index contributed by atoms with van der Waals surface area (Å²) < 4.78 is 5.44. The third-order valence-corrected chi connectivity index (χ3v) is 3.05. The molecule has 14 heavy (non-hydrogen) atoms. The number of hydrogen-bond donors (Lipinski definition) is 2. The van der Waals surface area contributed by atoms with Crippen LogP contribution in [0.4, 0.5) is 0 Å². The van der Waals surface area contributed by atoms with Crippen LogP contribution in [0.2, 0.25) is 0 Å². The van der Waals surface area contributed by atoms with Gasteiger partial charge in [0, 0.05) is 19.1 Å². The van der Waals surface area contributed by atoms with E-state index in [1.165, 1.54) is 0 Å². The lowest BCUT2D eigenvalue weighted by Crippen LogP contribution is -2.50. The molecule has 1 aliphatic rings. The minimum atomic E-state index is -0.673. The van der Waals surface area contributed by atoms with E-state index in [1.54, 1.807) is 0 Å². The highest BCUT2D eigenvalue weighted by Gasteiger charge is 2.36. The Kier molecular flexibility index (Phi) is 4.35. The van der Waals surface area contributed by atoms with Crippen LogP contribution >= 0.6 is 0 Å². The topological polar surface area (TPSA) is 55.5 Å². The van der Waals surface area contributed by atoms with Crippen LogP contribution in [0, 0.1) is 0 Å². The van der Waals surface area contributed by atoms with Crippen molar-refractivity contribution in [3.63, 3.8) is 0 Å². The molecule has 2 atom stereocenters. The molecule has 1 saturated carbocycles. The zero-order valence-electron chi connectivity index (χ0n) is 9.33. The molecule has 3 N–H and O–H groups in total. The Morgan fingerprint density at radius 1 is 1.50 bits per heavy atom. The maximum absolute atomic E-state index is 10.2. The Labute approximate surface area is 86.6 Å². The fourth-order valence-electron chi connectivity index (χ4n) is 2.03. The van der Waals surface area contributed by atoms with Crippen LogP contribution in [0.3, 0.4) is 0 Å². The van der Waals surface area contributed by atoms with E-state index in [4.69, 9.17) is 10.5 Å². The van der Waals surface area contributed by atoms with Crippen molar-refractivity contribution < 1.29 is 9.84 Å². The first kappa shape index (κ1) is 12.0. The summed E-state index contributed by atoms with van der Waals surface area (Å²) in [5.41, 5.74) is 5.25. The molecule has 3 heteroatoms. The fourth-order valence-corrected chi connectivity index (χ4v) is 2.03. The SMILES string of the molecule is CC(C)OCCC1(O)CCCCC1N. The van der Waals surface area contributed by atoms with Gasteiger partial charge < -0.3 is 15.6 Å². The lowest BCUT2D eigenvalue weighted by Gasteiger charge is -2.38. The number of rotatable bonds is 4. The number of ether oxygens (including phenoxy) is 1. The largest absolute Gasteiger partial charge is 0.388 e. The van der Waals surface area contributed by atoms with Crippen molar-refractivity contribution >= 4 is 0 Å². The molecule has 1 aliphatic carbocycles. The van der Waals surface area contributed by atoms with Crippen molar-refractivity contribution in [1.29, 1.82) is 0 Å². The van der Waals surface area contributed by atoms with Crippen molar-refractivity contribution in [1.82, 2.24) is 0 Å². The minimum absolute atomic E-state index is 0.0630. The predicted octanol–water partition coefficient (Wildman–Crippen LogP) is 1.43. The highest BCUT2D eigenvalue weighted by Crippen LogP contribution is 2.30. The van der Waals surface area contributed by atoms with Crippen molar-refractivity contribution in [2.75, 3.05) is 6.61 Å². The van der Waals surface area contributed by atoms with E-state index >= 15 is 0 Å². The molecular formula is C11H23NO2. The summed E-state index contributed by atoms with van der Waals surface area (Å²) in [7, 11) is 0. The van der Waals surface area contributed by atoms with Gasteiger partial charge in [0.15, 0.2) is 0 Å². The molecule has 0 bridgehead atoms. The molecule has 0 aromatic heterocycles. The van der Waals surface area contributed by atoms with Gasteiger partial charge >= 0.3 is 0 Å². The van der Waals surface area contributed by atoms with Gasteiger partial charge in [0.1, 0.15) is 0 Å². The number of hydrogen-bond acceptors (Lipinski definition) is 3. The first-order chi connectivity index (χ1) is 6.54. The highest BCUT2D eigenvalue weighted by atomic mass is 16.5. The van der Waals surface area contributed by atoms with Gasteiger partial charge in [-0.15, -0.1) is 0 Å². The van der Waals surface area contributed by atoms with Gasteiger partial charge in [-0.2, -0.15) is 0 Å². The smallest absolute Gasteiger partial charge is 0.0819 e. The molecule has 0 aromatic rings. The molecule has 1 fully saturated rings. The van der Waals surface area contributed by atoms with Crippen LogP contribution in [0.1, 0.15) is 46.0 Å². The molecule has 2 unspecified atom stereocenters. The Bertz CT molecular complexity index is 173. The van der Waals surface area contributed by atoms with E-state index in [0.717, 1.165) is 25.7 Å². The molecule has 0 aromatic carbocycles. The first-order valence-corrected chi connectivity index (χ1v) is 5.64. The average molecular weight is 201 g/mol. The maximum Gasteiger partial charge on any atom is 0.0819 e. The quantitative estimate of drug-likeness (QED) is 0.723. The van der Waals surface area contributed by atoms with Gasteiger partial charge in [-0.05, 0) is 26.7 Å². The van der Waals surface area contributed by atoms with Crippen LogP contribution < -0.4 is 5.73 Å². The van der Waals surface area contributed by atoms with Gasteiger partial charge in [-0.3, -0.25) is 0 Å². The molecule has 84 valence electrons. The minimum Gasteiger partial charge on any atom is -0.388 e. The van der Waals surface area contributed by atoms with Crippen LogP contribution in [-0.2, 0) is 4.74 Å². The standard InChI is InChI=1S/C11H23NO2/c1-9(2)14-8-7-11(13)6-4-3-5-10(11)12/h9-10,13H,3-8,12H2,1-2H3. The van der Waals surface area contributed by atoms with Crippen LogP contribution in [-0.4, -0.2) is 29.5 Å². The molecule has 0 heterocycles. The van der Waals surface area contributed by atoms with Crippen LogP contribution in [0.15, 0.2) is 0 Å². The fraction of sp³-hybridized carbons (Fsp3) is 1.00. The Hall–Kier alpha value is -0.120. The van der Waals surface area contributed by atoms with Crippen LogP contribution in [0.25, 0.3) is 0 Å². The first-order valence-electron chi connectivity index (χ1n) is 5.64. The zero-order valence-corrected chi connectivity index (χ0v) is 9.33. The number of aliphatic hydroxyl groups is 1. The van der Waals surface area contributed by atoms with Gasteiger partial charge in [-0.1, -0.05) is 12.8 Å². The Morgan fingerprint density at radius 2 is 2.21 bits per heavy atom. The summed E-state index contributed by atoms with van der Waals surface area (Å²) in [4.78, 5) is 0. The second-order valence-electron chi connectivity index (χ2n) is 4.63. The third-order valence-electron chi connectivity index (χ3n) is 3.05. The summed E-state index contributed by atoms with van der Waals surface area (Å²) in [5, 5.41) is 10.2. The van der Waals surface area contributed by atoms with E-state index in [0.29, 0.717) is 13.0 Å². The lowest BCUT2D eigenvalue weighted by atomic mass is 9.79. The highest BCUT2D eigenvalue weighted by molar-refractivity contribution is 4.92. The second-order valence-corrected chi connectivity index (χ2v) is 4.63.